The molecule has 1 saturated heterocycles. The molecule has 2 N–H and O–H groups in total. The molecule has 1 aliphatic rings. The molecule has 0 aromatic heterocycles. The molecule has 4 heteroatoms. The summed E-state index contributed by atoms with van der Waals surface area (Å²) in [4.78, 5) is 11.1. The van der Waals surface area contributed by atoms with Crippen LogP contribution in [0.25, 0.3) is 0 Å². The van der Waals surface area contributed by atoms with Crippen molar-refractivity contribution in [2.75, 3.05) is 20.2 Å². The summed E-state index contributed by atoms with van der Waals surface area (Å²) in [5.41, 5.74) is -0.674. The van der Waals surface area contributed by atoms with Gasteiger partial charge in [0.2, 0.25) is 0 Å². The molecule has 0 bridgehead atoms. The van der Waals surface area contributed by atoms with Crippen molar-refractivity contribution in [1.82, 2.24) is 10.6 Å². The first-order chi connectivity index (χ1) is 5.19. The molecule has 11 heavy (non-hydrogen) atoms. The van der Waals surface area contributed by atoms with Crippen LogP contribution in [0, 0.1) is 0 Å². The predicted molar refractivity (Wildman–Crippen MR) is 41.0 cm³/mol. The highest BCUT2D eigenvalue weighted by molar-refractivity contribution is 5.79. The molecule has 1 aliphatic heterocycles. The van der Waals surface area contributed by atoms with E-state index in [1.807, 2.05) is 0 Å². The molecule has 0 aromatic rings. The van der Waals surface area contributed by atoms with Gasteiger partial charge in [0.05, 0.1) is 7.11 Å². The molecule has 64 valence electrons. The Hall–Kier alpha value is -0.610. The molecular formula is C7H14N2O2. The fourth-order valence-electron chi connectivity index (χ4n) is 1.18. The van der Waals surface area contributed by atoms with Gasteiger partial charge in [-0.25, -0.2) is 4.79 Å². The summed E-state index contributed by atoms with van der Waals surface area (Å²) in [7, 11) is 1.39. The molecule has 1 fully saturated rings. The van der Waals surface area contributed by atoms with Crippen molar-refractivity contribution >= 4 is 5.97 Å². The first kappa shape index (κ1) is 8.49. The summed E-state index contributed by atoms with van der Waals surface area (Å²) in [5, 5.41) is 6.12. The maximum absolute atomic E-state index is 11.1. The Kier molecular flexibility index (Phi) is 2.46. The SMILES string of the molecule is COC(=O)C1(C)NCCCN1. The molecule has 0 radical (unpaired) electrons. The minimum absolute atomic E-state index is 0.253. The summed E-state index contributed by atoms with van der Waals surface area (Å²) in [5.74, 6) is -0.253. The maximum atomic E-state index is 11.1. The van der Waals surface area contributed by atoms with Crippen LogP contribution in [0.1, 0.15) is 13.3 Å². The third kappa shape index (κ3) is 1.70. The number of hydrogen-bond donors (Lipinski definition) is 2. The van der Waals surface area contributed by atoms with Crippen LogP contribution in [-0.4, -0.2) is 31.8 Å². The van der Waals surface area contributed by atoms with Crippen LogP contribution in [0.4, 0.5) is 0 Å². The Balaban J connectivity index is 2.56. The van der Waals surface area contributed by atoms with Crippen LogP contribution in [0.3, 0.4) is 0 Å². The van der Waals surface area contributed by atoms with Gasteiger partial charge in [-0.3, -0.25) is 10.6 Å². The minimum atomic E-state index is -0.674. The lowest BCUT2D eigenvalue weighted by molar-refractivity contribution is -0.150. The number of carbonyl (C=O) groups is 1. The van der Waals surface area contributed by atoms with Crippen LogP contribution >= 0.6 is 0 Å². The van der Waals surface area contributed by atoms with Gasteiger partial charge < -0.3 is 4.74 Å². The Labute approximate surface area is 66.3 Å². The fourth-order valence-corrected chi connectivity index (χ4v) is 1.18. The van der Waals surface area contributed by atoms with E-state index >= 15 is 0 Å². The Bertz CT molecular complexity index is 153. The van der Waals surface area contributed by atoms with Gasteiger partial charge in [-0.1, -0.05) is 0 Å². The molecule has 0 atom stereocenters. The first-order valence-corrected chi connectivity index (χ1v) is 3.77. The van der Waals surface area contributed by atoms with Crippen molar-refractivity contribution in [2.24, 2.45) is 0 Å². The van der Waals surface area contributed by atoms with Gasteiger partial charge in [-0.05, 0) is 26.4 Å². The van der Waals surface area contributed by atoms with E-state index in [0.29, 0.717) is 0 Å². The summed E-state index contributed by atoms with van der Waals surface area (Å²) in [6, 6.07) is 0. The van der Waals surface area contributed by atoms with Gasteiger partial charge in [-0.2, -0.15) is 0 Å². The lowest BCUT2D eigenvalue weighted by Gasteiger charge is -2.33. The van der Waals surface area contributed by atoms with Gasteiger partial charge in [0.15, 0.2) is 5.66 Å². The summed E-state index contributed by atoms with van der Waals surface area (Å²) in [6.07, 6.45) is 1.05. The third-order valence-electron chi connectivity index (χ3n) is 1.90. The van der Waals surface area contributed by atoms with Crippen LogP contribution in [0.2, 0.25) is 0 Å². The van der Waals surface area contributed by atoms with Crippen molar-refractivity contribution in [3.05, 3.63) is 0 Å². The highest BCUT2D eigenvalue weighted by atomic mass is 16.5. The second-order valence-corrected chi connectivity index (χ2v) is 2.82. The second kappa shape index (κ2) is 3.19. The monoisotopic (exact) mass is 158 g/mol. The van der Waals surface area contributed by atoms with E-state index in [2.05, 4.69) is 15.4 Å². The Morgan fingerprint density at radius 2 is 2.00 bits per heavy atom. The van der Waals surface area contributed by atoms with Crippen molar-refractivity contribution in [3.8, 4) is 0 Å². The normalized spacial score (nSPS) is 22.7. The number of hydrogen-bond acceptors (Lipinski definition) is 4. The highest BCUT2D eigenvalue weighted by Crippen LogP contribution is 2.05. The molecule has 0 aliphatic carbocycles. The van der Waals surface area contributed by atoms with Crippen molar-refractivity contribution in [3.63, 3.8) is 0 Å². The molecule has 1 heterocycles. The number of nitrogens with one attached hydrogen (secondary N) is 2. The van der Waals surface area contributed by atoms with Gasteiger partial charge in [-0.15, -0.1) is 0 Å². The summed E-state index contributed by atoms with van der Waals surface area (Å²) >= 11 is 0. The molecule has 0 unspecified atom stereocenters. The zero-order valence-electron chi connectivity index (χ0n) is 6.94. The summed E-state index contributed by atoms with van der Waals surface area (Å²) in [6.45, 7) is 3.51. The van der Waals surface area contributed by atoms with Crippen molar-refractivity contribution in [2.45, 2.75) is 19.0 Å². The fraction of sp³-hybridized carbons (Fsp3) is 0.857. The molecule has 0 amide bonds. The van der Waals surface area contributed by atoms with E-state index in [1.54, 1.807) is 6.92 Å². The van der Waals surface area contributed by atoms with Crippen LogP contribution < -0.4 is 10.6 Å². The number of carbonyl (C=O) groups excluding carboxylic acids is 1. The topological polar surface area (TPSA) is 50.4 Å². The molecule has 1 rings (SSSR count). The van der Waals surface area contributed by atoms with E-state index in [-0.39, 0.29) is 5.97 Å². The van der Waals surface area contributed by atoms with Gasteiger partial charge in [0, 0.05) is 0 Å². The lowest BCUT2D eigenvalue weighted by Crippen LogP contribution is -2.64. The number of rotatable bonds is 1. The van der Waals surface area contributed by atoms with Gasteiger partial charge in [0.1, 0.15) is 0 Å². The van der Waals surface area contributed by atoms with E-state index in [1.165, 1.54) is 7.11 Å². The lowest BCUT2D eigenvalue weighted by atomic mass is 10.1. The van der Waals surface area contributed by atoms with Crippen molar-refractivity contribution < 1.29 is 9.53 Å². The standard InChI is InChI=1S/C7H14N2O2/c1-7(6(10)11-2)8-4-3-5-9-7/h8-9H,3-5H2,1-2H3. The zero-order chi connectivity index (χ0) is 8.32. The quantitative estimate of drug-likeness (QED) is 0.503. The zero-order valence-corrected chi connectivity index (χ0v) is 6.94. The smallest absolute Gasteiger partial charge is 0.340 e. The van der Waals surface area contributed by atoms with E-state index in [9.17, 15) is 4.79 Å². The van der Waals surface area contributed by atoms with Gasteiger partial charge in [0.25, 0.3) is 0 Å². The summed E-state index contributed by atoms with van der Waals surface area (Å²) < 4.78 is 4.63. The average Bonchev–Trinajstić information content (AvgIpc) is 2.04. The molecule has 0 saturated carbocycles. The first-order valence-electron chi connectivity index (χ1n) is 3.77. The Morgan fingerprint density at radius 3 is 2.45 bits per heavy atom. The molecule has 0 spiro atoms. The van der Waals surface area contributed by atoms with Crippen LogP contribution in [-0.2, 0) is 9.53 Å². The minimum Gasteiger partial charge on any atom is -0.467 e. The van der Waals surface area contributed by atoms with Crippen LogP contribution in [0.15, 0.2) is 0 Å². The number of methoxy groups -OCH3 is 1. The predicted octanol–water partition coefficient (Wildman–Crippen LogP) is -0.542. The maximum Gasteiger partial charge on any atom is 0.340 e. The highest BCUT2D eigenvalue weighted by Gasteiger charge is 2.34. The van der Waals surface area contributed by atoms with E-state index < -0.39 is 5.66 Å². The Morgan fingerprint density at radius 1 is 1.45 bits per heavy atom. The van der Waals surface area contributed by atoms with Crippen LogP contribution in [0.5, 0.6) is 0 Å². The molecule has 4 nitrogen and oxygen atoms in total. The third-order valence-corrected chi connectivity index (χ3v) is 1.90. The molecule has 0 aromatic carbocycles. The van der Waals surface area contributed by atoms with E-state index in [4.69, 9.17) is 0 Å². The second-order valence-electron chi connectivity index (χ2n) is 2.82. The number of ether oxygens (including phenoxy) is 1. The van der Waals surface area contributed by atoms with E-state index in [0.717, 1.165) is 19.5 Å². The van der Waals surface area contributed by atoms with Crippen molar-refractivity contribution in [1.29, 1.82) is 0 Å². The largest absolute Gasteiger partial charge is 0.467 e. The molecular weight excluding hydrogens is 144 g/mol. The van der Waals surface area contributed by atoms with Gasteiger partial charge >= 0.3 is 5.97 Å². The average molecular weight is 158 g/mol. The number of esters is 1.